The summed E-state index contributed by atoms with van der Waals surface area (Å²) in [5.74, 6) is -1.14. The Morgan fingerprint density at radius 1 is 1.09 bits per heavy atom. The summed E-state index contributed by atoms with van der Waals surface area (Å²) in [6, 6.07) is 19.3. The second kappa shape index (κ2) is 11.0. The molecule has 164 valence electrons. The van der Waals surface area contributed by atoms with Gasteiger partial charge in [-0.05, 0) is 76.2 Å². The van der Waals surface area contributed by atoms with E-state index in [2.05, 4.69) is 27.9 Å². The number of ether oxygens (including phenoxy) is 2. The van der Waals surface area contributed by atoms with Gasteiger partial charge in [0.15, 0.2) is 11.5 Å². The van der Waals surface area contributed by atoms with Crippen LogP contribution in [-0.2, 0) is 11.4 Å². The number of nitrogens with one attached hydrogen (secondary N) is 1. The van der Waals surface area contributed by atoms with Crippen LogP contribution >= 0.6 is 34.2 Å². The van der Waals surface area contributed by atoms with Gasteiger partial charge in [0.05, 0.1) is 12.1 Å². The molecule has 0 saturated carbocycles. The predicted octanol–water partition coefficient (Wildman–Crippen LogP) is 5.39. The van der Waals surface area contributed by atoms with Crippen molar-refractivity contribution in [3.05, 3.63) is 97.7 Å². The molecule has 0 saturated heterocycles. The maximum absolute atomic E-state index is 12.3. The van der Waals surface area contributed by atoms with Crippen LogP contribution in [0.1, 0.15) is 21.5 Å². The standard InChI is InChI=1S/C24H19ClINO5/c1-31-21-13-16(11-19(25)22(21)32-14-15-7-9-18(26)10-8-15)12-20(24(29)30)27-23(28)17-5-3-2-4-6-17/h2-13H,14H2,1H3,(H,27,28)(H,29,30). The number of aliphatic carboxylic acids is 1. The molecule has 0 radical (unpaired) electrons. The third-order valence-electron chi connectivity index (χ3n) is 4.37. The third kappa shape index (κ3) is 6.24. The van der Waals surface area contributed by atoms with Crippen molar-refractivity contribution in [1.82, 2.24) is 5.32 Å². The molecule has 8 heteroatoms. The van der Waals surface area contributed by atoms with Crippen molar-refractivity contribution in [1.29, 1.82) is 0 Å². The van der Waals surface area contributed by atoms with E-state index in [1.807, 2.05) is 24.3 Å². The van der Waals surface area contributed by atoms with E-state index in [4.69, 9.17) is 21.1 Å². The number of hydrogen-bond donors (Lipinski definition) is 2. The van der Waals surface area contributed by atoms with Gasteiger partial charge in [0, 0.05) is 9.13 Å². The molecule has 3 aromatic rings. The SMILES string of the molecule is COc1cc(C=C(NC(=O)c2ccccc2)C(=O)O)cc(Cl)c1OCc1ccc(I)cc1. The van der Waals surface area contributed by atoms with Gasteiger partial charge in [0.2, 0.25) is 0 Å². The largest absolute Gasteiger partial charge is 0.493 e. The van der Waals surface area contributed by atoms with Gasteiger partial charge in [0.1, 0.15) is 12.3 Å². The Hall–Kier alpha value is -3.04. The van der Waals surface area contributed by atoms with Crippen LogP contribution in [0.5, 0.6) is 11.5 Å². The Labute approximate surface area is 204 Å². The number of carbonyl (C=O) groups is 2. The lowest BCUT2D eigenvalue weighted by Gasteiger charge is -2.14. The zero-order chi connectivity index (χ0) is 23.1. The molecule has 0 spiro atoms. The molecule has 0 heterocycles. The molecule has 0 bridgehead atoms. The molecule has 2 N–H and O–H groups in total. The Morgan fingerprint density at radius 3 is 2.41 bits per heavy atom. The van der Waals surface area contributed by atoms with Gasteiger partial charge in [0.25, 0.3) is 5.91 Å². The smallest absolute Gasteiger partial charge is 0.352 e. The number of benzene rings is 3. The van der Waals surface area contributed by atoms with E-state index in [9.17, 15) is 14.7 Å². The highest BCUT2D eigenvalue weighted by molar-refractivity contribution is 14.1. The number of carboxylic acid groups (broad SMARTS) is 1. The van der Waals surface area contributed by atoms with E-state index in [-0.39, 0.29) is 17.3 Å². The molecule has 3 rings (SSSR count). The van der Waals surface area contributed by atoms with Gasteiger partial charge in [-0.25, -0.2) is 4.79 Å². The summed E-state index contributed by atoms with van der Waals surface area (Å²) in [6.45, 7) is 0.287. The second-order valence-corrected chi connectivity index (χ2v) is 8.29. The summed E-state index contributed by atoms with van der Waals surface area (Å²) >= 11 is 8.62. The molecule has 32 heavy (non-hydrogen) atoms. The zero-order valence-electron chi connectivity index (χ0n) is 17.0. The second-order valence-electron chi connectivity index (χ2n) is 6.63. The highest BCUT2D eigenvalue weighted by Gasteiger charge is 2.16. The lowest BCUT2D eigenvalue weighted by Crippen LogP contribution is -2.27. The van der Waals surface area contributed by atoms with Gasteiger partial charge in [-0.2, -0.15) is 0 Å². The lowest BCUT2D eigenvalue weighted by molar-refractivity contribution is -0.132. The van der Waals surface area contributed by atoms with E-state index in [0.717, 1.165) is 9.13 Å². The van der Waals surface area contributed by atoms with Crippen molar-refractivity contribution in [3.63, 3.8) is 0 Å². The summed E-state index contributed by atoms with van der Waals surface area (Å²) in [4.78, 5) is 24.0. The molecule has 0 aliphatic carbocycles. The fourth-order valence-electron chi connectivity index (χ4n) is 2.80. The normalized spacial score (nSPS) is 11.0. The van der Waals surface area contributed by atoms with E-state index < -0.39 is 11.9 Å². The van der Waals surface area contributed by atoms with E-state index in [1.54, 1.807) is 42.5 Å². The minimum atomic E-state index is -1.29. The van der Waals surface area contributed by atoms with Crippen LogP contribution in [0, 0.1) is 3.57 Å². The Bertz CT molecular complexity index is 1150. The molecule has 1 amide bonds. The summed E-state index contributed by atoms with van der Waals surface area (Å²) in [6.07, 6.45) is 1.31. The average molecular weight is 564 g/mol. The monoisotopic (exact) mass is 563 g/mol. The number of hydrogen-bond acceptors (Lipinski definition) is 4. The average Bonchev–Trinajstić information content (AvgIpc) is 2.79. The summed E-state index contributed by atoms with van der Waals surface area (Å²) in [5.41, 5.74) is 1.43. The maximum atomic E-state index is 12.3. The molecule has 0 aliphatic heterocycles. The fourth-order valence-corrected chi connectivity index (χ4v) is 3.43. The van der Waals surface area contributed by atoms with E-state index in [0.29, 0.717) is 22.6 Å². The van der Waals surface area contributed by atoms with Crippen LogP contribution in [-0.4, -0.2) is 24.1 Å². The van der Waals surface area contributed by atoms with Crippen molar-refractivity contribution in [2.45, 2.75) is 6.61 Å². The maximum Gasteiger partial charge on any atom is 0.352 e. The highest BCUT2D eigenvalue weighted by Crippen LogP contribution is 2.37. The Morgan fingerprint density at radius 2 is 1.78 bits per heavy atom. The zero-order valence-corrected chi connectivity index (χ0v) is 19.9. The van der Waals surface area contributed by atoms with Crippen LogP contribution in [0.15, 0.2) is 72.4 Å². The molecule has 0 fully saturated rings. The summed E-state index contributed by atoms with van der Waals surface area (Å²) in [5, 5.41) is 12.2. The highest BCUT2D eigenvalue weighted by atomic mass is 127. The Balaban J connectivity index is 1.83. The number of halogens is 2. The first-order valence-electron chi connectivity index (χ1n) is 9.43. The van der Waals surface area contributed by atoms with Gasteiger partial charge >= 0.3 is 5.97 Å². The van der Waals surface area contributed by atoms with Crippen LogP contribution in [0.4, 0.5) is 0 Å². The molecule has 6 nitrogen and oxygen atoms in total. The van der Waals surface area contributed by atoms with Gasteiger partial charge in [-0.1, -0.05) is 41.9 Å². The van der Waals surface area contributed by atoms with E-state index in [1.165, 1.54) is 13.2 Å². The Kier molecular flexibility index (Phi) is 8.13. The van der Waals surface area contributed by atoms with Crippen molar-refractivity contribution in [2.75, 3.05) is 7.11 Å². The number of carboxylic acids is 1. The van der Waals surface area contributed by atoms with Crippen LogP contribution in [0.3, 0.4) is 0 Å². The quantitative estimate of drug-likeness (QED) is 0.284. The minimum Gasteiger partial charge on any atom is -0.493 e. The lowest BCUT2D eigenvalue weighted by atomic mass is 10.1. The van der Waals surface area contributed by atoms with Crippen molar-refractivity contribution < 1.29 is 24.2 Å². The van der Waals surface area contributed by atoms with Gasteiger partial charge in [-0.3, -0.25) is 4.79 Å². The van der Waals surface area contributed by atoms with Crippen molar-refractivity contribution >= 4 is 52.1 Å². The molecule has 0 aliphatic rings. The third-order valence-corrected chi connectivity index (χ3v) is 5.37. The number of methoxy groups -OCH3 is 1. The van der Waals surface area contributed by atoms with Crippen molar-refractivity contribution in [3.8, 4) is 11.5 Å². The number of amides is 1. The molecule has 0 unspecified atom stereocenters. The fraction of sp³-hybridized carbons (Fsp3) is 0.0833. The first kappa shape index (κ1) is 23.6. The van der Waals surface area contributed by atoms with Crippen LogP contribution in [0.2, 0.25) is 5.02 Å². The first-order valence-corrected chi connectivity index (χ1v) is 10.9. The van der Waals surface area contributed by atoms with Crippen molar-refractivity contribution in [2.24, 2.45) is 0 Å². The topological polar surface area (TPSA) is 84.9 Å². The van der Waals surface area contributed by atoms with E-state index >= 15 is 0 Å². The summed E-state index contributed by atoms with van der Waals surface area (Å²) < 4.78 is 12.4. The molecule has 3 aromatic carbocycles. The van der Waals surface area contributed by atoms with Crippen LogP contribution < -0.4 is 14.8 Å². The molecular formula is C24H19ClINO5. The minimum absolute atomic E-state index is 0.250. The molecule has 0 aromatic heterocycles. The summed E-state index contributed by atoms with van der Waals surface area (Å²) in [7, 11) is 1.46. The first-order chi connectivity index (χ1) is 15.4. The molecular weight excluding hydrogens is 545 g/mol. The molecule has 0 atom stereocenters. The van der Waals surface area contributed by atoms with Crippen LogP contribution in [0.25, 0.3) is 6.08 Å². The predicted molar refractivity (Wildman–Crippen MR) is 131 cm³/mol. The van der Waals surface area contributed by atoms with Gasteiger partial charge in [-0.15, -0.1) is 0 Å². The number of rotatable bonds is 8. The van der Waals surface area contributed by atoms with Gasteiger partial charge < -0.3 is 19.9 Å². The number of carbonyl (C=O) groups excluding carboxylic acids is 1.